The van der Waals surface area contributed by atoms with Gasteiger partial charge in [0.05, 0.1) is 12.2 Å². The van der Waals surface area contributed by atoms with Crippen molar-refractivity contribution in [1.29, 1.82) is 0 Å². The summed E-state index contributed by atoms with van der Waals surface area (Å²) in [4.78, 5) is 16.2. The van der Waals surface area contributed by atoms with Crippen LogP contribution in [0, 0.1) is 18.8 Å². The Morgan fingerprint density at radius 2 is 2.41 bits per heavy atom. The third-order valence-corrected chi connectivity index (χ3v) is 3.48. The van der Waals surface area contributed by atoms with Gasteiger partial charge in [0.2, 0.25) is 5.91 Å². The first-order valence-electron chi connectivity index (χ1n) is 6.07. The van der Waals surface area contributed by atoms with E-state index in [2.05, 4.69) is 15.6 Å². The van der Waals surface area contributed by atoms with Gasteiger partial charge in [-0.3, -0.25) is 9.78 Å². The van der Waals surface area contributed by atoms with Crippen molar-refractivity contribution in [2.24, 2.45) is 11.8 Å². The largest absolute Gasteiger partial charge is 0.350 e. The molecule has 1 aromatic rings. The maximum atomic E-state index is 11.9. The summed E-state index contributed by atoms with van der Waals surface area (Å²) in [5.74, 6) is 0.696. The molecule has 1 atom stereocenters. The monoisotopic (exact) mass is 233 g/mol. The smallest absolute Gasteiger partial charge is 0.223 e. The number of hydrogen-bond acceptors (Lipinski definition) is 3. The number of pyridine rings is 1. The molecule has 0 aliphatic carbocycles. The summed E-state index contributed by atoms with van der Waals surface area (Å²) in [7, 11) is 0. The van der Waals surface area contributed by atoms with Crippen LogP contribution in [-0.4, -0.2) is 24.0 Å². The molecule has 1 unspecified atom stereocenters. The van der Waals surface area contributed by atoms with Gasteiger partial charge in [-0.05, 0) is 37.6 Å². The van der Waals surface area contributed by atoms with E-state index in [9.17, 15) is 4.79 Å². The maximum Gasteiger partial charge on any atom is 0.223 e. The minimum atomic E-state index is 0.0836. The van der Waals surface area contributed by atoms with Gasteiger partial charge >= 0.3 is 0 Å². The Morgan fingerprint density at radius 3 is 3.00 bits per heavy atom. The minimum Gasteiger partial charge on any atom is -0.350 e. The van der Waals surface area contributed by atoms with Crippen LogP contribution in [0.25, 0.3) is 0 Å². The zero-order valence-corrected chi connectivity index (χ0v) is 10.4. The number of nitrogens with zero attached hydrogens (tertiary/aromatic N) is 1. The zero-order valence-electron chi connectivity index (χ0n) is 10.4. The van der Waals surface area contributed by atoms with E-state index < -0.39 is 0 Å². The number of rotatable bonds is 4. The van der Waals surface area contributed by atoms with Gasteiger partial charge < -0.3 is 10.6 Å². The average Bonchev–Trinajstić information content (AvgIpc) is 2.25. The summed E-state index contributed by atoms with van der Waals surface area (Å²) in [6, 6.07) is 3.91. The number of hydrogen-bond donors (Lipinski definition) is 2. The second kappa shape index (κ2) is 5.27. The van der Waals surface area contributed by atoms with Gasteiger partial charge in [0.25, 0.3) is 0 Å². The second-order valence-electron chi connectivity index (χ2n) is 4.69. The number of amides is 1. The fourth-order valence-electron chi connectivity index (χ4n) is 1.91. The molecule has 1 aliphatic rings. The molecule has 1 aromatic heterocycles. The molecule has 17 heavy (non-hydrogen) atoms. The summed E-state index contributed by atoms with van der Waals surface area (Å²) < 4.78 is 0. The lowest BCUT2D eigenvalue weighted by atomic mass is 9.88. The Kier molecular flexibility index (Phi) is 3.74. The first kappa shape index (κ1) is 12.0. The number of carbonyl (C=O) groups excluding carboxylic acids is 1. The van der Waals surface area contributed by atoms with Crippen molar-refractivity contribution < 1.29 is 4.79 Å². The van der Waals surface area contributed by atoms with Crippen molar-refractivity contribution >= 4 is 5.91 Å². The normalized spacial score (nSPS) is 17.3. The molecule has 92 valence electrons. The lowest BCUT2D eigenvalue weighted by Gasteiger charge is -2.31. The zero-order chi connectivity index (χ0) is 12.3. The van der Waals surface area contributed by atoms with Crippen LogP contribution in [-0.2, 0) is 11.3 Å². The Labute approximate surface area is 102 Å². The third kappa shape index (κ3) is 2.82. The quantitative estimate of drug-likeness (QED) is 0.811. The number of nitrogens with one attached hydrogen (secondary N) is 2. The maximum absolute atomic E-state index is 11.9. The van der Waals surface area contributed by atoms with Crippen LogP contribution in [0.2, 0.25) is 0 Å². The van der Waals surface area contributed by atoms with Gasteiger partial charge in [-0.25, -0.2) is 0 Å². The van der Waals surface area contributed by atoms with Gasteiger partial charge in [0.1, 0.15) is 0 Å². The van der Waals surface area contributed by atoms with Gasteiger partial charge in [-0.15, -0.1) is 0 Å². The van der Waals surface area contributed by atoms with E-state index in [1.54, 1.807) is 6.20 Å². The molecule has 0 saturated carbocycles. The lowest BCUT2D eigenvalue weighted by Crippen LogP contribution is -2.49. The van der Waals surface area contributed by atoms with Crippen LogP contribution >= 0.6 is 0 Å². The molecule has 1 fully saturated rings. The molecular weight excluding hydrogens is 214 g/mol. The molecule has 1 aliphatic heterocycles. The fraction of sp³-hybridized carbons (Fsp3) is 0.538. The van der Waals surface area contributed by atoms with E-state index in [0.29, 0.717) is 12.5 Å². The van der Waals surface area contributed by atoms with Gasteiger partial charge in [0.15, 0.2) is 0 Å². The van der Waals surface area contributed by atoms with Crippen LogP contribution in [0.15, 0.2) is 18.3 Å². The first-order chi connectivity index (χ1) is 8.18. The minimum absolute atomic E-state index is 0.0836. The molecule has 2 rings (SSSR count). The highest BCUT2D eigenvalue weighted by Crippen LogP contribution is 2.16. The first-order valence-corrected chi connectivity index (χ1v) is 6.07. The summed E-state index contributed by atoms with van der Waals surface area (Å²) in [6.07, 6.45) is 1.76. The highest BCUT2D eigenvalue weighted by molar-refractivity contribution is 5.78. The standard InChI is InChI=1S/C13H19N3O/c1-9-4-3-5-15-12(9)8-16-13(17)10(2)11-6-14-7-11/h3-5,10-11,14H,6-8H2,1-2H3,(H,16,17). The summed E-state index contributed by atoms with van der Waals surface area (Å²) in [6.45, 7) is 6.43. The molecule has 0 aromatic carbocycles. The topological polar surface area (TPSA) is 54.0 Å². The van der Waals surface area contributed by atoms with Gasteiger partial charge in [-0.2, -0.15) is 0 Å². The highest BCUT2D eigenvalue weighted by atomic mass is 16.1. The van der Waals surface area contributed by atoms with E-state index >= 15 is 0 Å². The molecule has 0 bridgehead atoms. The molecule has 4 heteroatoms. The Balaban J connectivity index is 1.85. The fourth-order valence-corrected chi connectivity index (χ4v) is 1.91. The molecular formula is C13H19N3O. The van der Waals surface area contributed by atoms with E-state index in [4.69, 9.17) is 0 Å². The summed E-state index contributed by atoms with van der Waals surface area (Å²) in [5.41, 5.74) is 2.06. The lowest BCUT2D eigenvalue weighted by molar-refractivity contribution is -0.126. The predicted octanol–water partition coefficient (Wildman–Crippen LogP) is 0.862. The van der Waals surface area contributed by atoms with E-state index in [1.807, 2.05) is 26.0 Å². The Hall–Kier alpha value is -1.42. The number of carbonyl (C=O) groups is 1. The van der Waals surface area contributed by atoms with Crippen molar-refractivity contribution in [2.45, 2.75) is 20.4 Å². The SMILES string of the molecule is Cc1cccnc1CNC(=O)C(C)C1CNC1. The van der Waals surface area contributed by atoms with Crippen molar-refractivity contribution in [2.75, 3.05) is 13.1 Å². The summed E-state index contributed by atoms with van der Waals surface area (Å²) in [5, 5.41) is 6.15. The predicted molar refractivity (Wildman–Crippen MR) is 66.3 cm³/mol. The van der Waals surface area contributed by atoms with Crippen LogP contribution in [0.5, 0.6) is 0 Å². The third-order valence-electron chi connectivity index (χ3n) is 3.48. The Morgan fingerprint density at radius 1 is 1.65 bits per heavy atom. The second-order valence-corrected chi connectivity index (χ2v) is 4.69. The van der Waals surface area contributed by atoms with Gasteiger partial charge in [0, 0.05) is 12.1 Å². The van der Waals surface area contributed by atoms with Crippen molar-refractivity contribution in [3.63, 3.8) is 0 Å². The van der Waals surface area contributed by atoms with Crippen LogP contribution in [0.1, 0.15) is 18.2 Å². The molecule has 1 amide bonds. The number of aryl methyl sites for hydroxylation is 1. The molecule has 2 N–H and O–H groups in total. The van der Waals surface area contributed by atoms with E-state index in [-0.39, 0.29) is 11.8 Å². The number of aromatic nitrogens is 1. The van der Waals surface area contributed by atoms with Gasteiger partial charge in [-0.1, -0.05) is 13.0 Å². The van der Waals surface area contributed by atoms with Crippen molar-refractivity contribution in [3.8, 4) is 0 Å². The van der Waals surface area contributed by atoms with Crippen LogP contribution in [0.3, 0.4) is 0 Å². The van der Waals surface area contributed by atoms with Crippen molar-refractivity contribution in [3.05, 3.63) is 29.6 Å². The molecule has 2 heterocycles. The van der Waals surface area contributed by atoms with E-state index in [1.165, 1.54) is 0 Å². The highest BCUT2D eigenvalue weighted by Gasteiger charge is 2.28. The van der Waals surface area contributed by atoms with E-state index in [0.717, 1.165) is 24.3 Å². The Bertz CT molecular complexity index is 401. The molecule has 4 nitrogen and oxygen atoms in total. The average molecular weight is 233 g/mol. The van der Waals surface area contributed by atoms with Crippen molar-refractivity contribution in [1.82, 2.24) is 15.6 Å². The van der Waals surface area contributed by atoms with Crippen LogP contribution < -0.4 is 10.6 Å². The molecule has 0 radical (unpaired) electrons. The molecule has 1 saturated heterocycles. The van der Waals surface area contributed by atoms with Crippen LogP contribution in [0.4, 0.5) is 0 Å². The summed E-state index contributed by atoms with van der Waals surface area (Å²) >= 11 is 0. The molecule has 0 spiro atoms.